The van der Waals surface area contributed by atoms with Gasteiger partial charge in [-0.2, -0.15) is 0 Å². The average Bonchev–Trinajstić information content (AvgIpc) is 2.25. The van der Waals surface area contributed by atoms with Gasteiger partial charge in [-0.05, 0) is 44.6 Å². The van der Waals surface area contributed by atoms with Crippen molar-refractivity contribution >= 4 is 0 Å². The van der Waals surface area contributed by atoms with Crippen LogP contribution in [0.5, 0.6) is 0 Å². The first kappa shape index (κ1) is 17.0. The standard InChI is InChI=1S/C16H35N/c1-8-10-13(3)11-14(4)12-17-16(6,7)15(5)9-2/h13-15,17H,8-12H2,1-7H3. The van der Waals surface area contributed by atoms with E-state index in [0.29, 0.717) is 0 Å². The summed E-state index contributed by atoms with van der Waals surface area (Å²) in [5.41, 5.74) is 0.275. The maximum atomic E-state index is 3.76. The monoisotopic (exact) mass is 241 g/mol. The Morgan fingerprint density at radius 2 is 1.59 bits per heavy atom. The highest BCUT2D eigenvalue weighted by Crippen LogP contribution is 2.21. The molecule has 0 radical (unpaired) electrons. The lowest BCUT2D eigenvalue weighted by atomic mass is 9.86. The van der Waals surface area contributed by atoms with Gasteiger partial charge in [0.05, 0.1) is 0 Å². The molecule has 0 spiro atoms. The van der Waals surface area contributed by atoms with Crippen LogP contribution in [0.4, 0.5) is 0 Å². The first-order valence-electron chi connectivity index (χ1n) is 7.58. The van der Waals surface area contributed by atoms with Crippen molar-refractivity contribution in [3.8, 4) is 0 Å². The zero-order valence-electron chi connectivity index (χ0n) is 13.3. The molecule has 0 bridgehead atoms. The van der Waals surface area contributed by atoms with E-state index in [-0.39, 0.29) is 5.54 Å². The van der Waals surface area contributed by atoms with E-state index in [2.05, 4.69) is 53.8 Å². The third kappa shape index (κ3) is 7.08. The smallest absolute Gasteiger partial charge is 0.0150 e. The Kier molecular flexibility index (Phi) is 8.11. The van der Waals surface area contributed by atoms with Gasteiger partial charge in [-0.1, -0.05) is 53.9 Å². The molecule has 0 rings (SSSR count). The van der Waals surface area contributed by atoms with E-state index < -0.39 is 0 Å². The molecule has 17 heavy (non-hydrogen) atoms. The molecule has 0 aliphatic rings. The van der Waals surface area contributed by atoms with Gasteiger partial charge in [0.2, 0.25) is 0 Å². The Hall–Kier alpha value is -0.0400. The Labute approximate surface area is 110 Å². The van der Waals surface area contributed by atoms with Gasteiger partial charge in [-0.3, -0.25) is 0 Å². The fourth-order valence-electron chi connectivity index (χ4n) is 2.50. The van der Waals surface area contributed by atoms with Gasteiger partial charge in [0, 0.05) is 5.54 Å². The molecule has 3 unspecified atom stereocenters. The highest BCUT2D eigenvalue weighted by atomic mass is 15.0. The minimum Gasteiger partial charge on any atom is -0.311 e. The van der Waals surface area contributed by atoms with Crippen LogP contribution in [0, 0.1) is 17.8 Å². The average molecular weight is 241 g/mol. The minimum absolute atomic E-state index is 0.275. The van der Waals surface area contributed by atoms with Crippen molar-refractivity contribution in [1.82, 2.24) is 5.32 Å². The first-order valence-corrected chi connectivity index (χ1v) is 7.58. The fraction of sp³-hybridized carbons (Fsp3) is 1.00. The molecule has 0 fully saturated rings. The molecule has 0 aromatic heterocycles. The Balaban J connectivity index is 3.94. The molecule has 1 heteroatoms. The summed E-state index contributed by atoms with van der Waals surface area (Å²) in [6.45, 7) is 17.5. The number of hydrogen-bond acceptors (Lipinski definition) is 1. The van der Waals surface area contributed by atoms with Gasteiger partial charge < -0.3 is 5.32 Å². The van der Waals surface area contributed by atoms with Crippen molar-refractivity contribution in [3.05, 3.63) is 0 Å². The predicted octanol–water partition coefficient (Wildman–Crippen LogP) is 4.86. The van der Waals surface area contributed by atoms with E-state index in [4.69, 9.17) is 0 Å². The molecule has 3 atom stereocenters. The van der Waals surface area contributed by atoms with Gasteiger partial charge in [0.25, 0.3) is 0 Å². The summed E-state index contributed by atoms with van der Waals surface area (Å²) in [5, 5.41) is 3.76. The summed E-state index contributed by atoms with van der Waals surface area (Å²) in [5.74, 6) is 2.41. The van der Waals surface area contributed by atoms with Crippen LogP contribution in [0.1, 0.15) is 74.1 Å². The van der Waals surface area contributed by atoms with Crippen LogP contribution in [-0.4, -0.2) is 12.1 Å². The van der Waals surface area contributed by atoms with Crippen molar-refractivity contribution in [2.24, 2.45) is 17.8 Å². The SMILES string of the molecule is CCCC(C)CC(C)CNC(C)(C)C(C)CC. The molecular weight excluding hydrogens is 206 g/mol. The van der Waals surface area contributed by atoms with E-state index in [9.17, 15) is 0 Å². The molecule has 1 nitrogen and oxygen atoms in total. The van der Waals surface area contributed by atoms with Gasteiger partial charge >= 0.3 is 0 Å². The van der Waals surface area contributed by atoms with Gasteiger partial charge in [-0.25, -0.2) is 0 Å². The lowest BCUT2D eigenvalue weighted by molar-refractivity contribution is 0.241. The fourth-order valence-corrected chi connectivity index (χ4v) is 2.50. The van der Waals surface area contributed by atoms with E-state index in [0.717, 1.165) is 24.3 Å². The molecule has 0 aromatic carbocycles. The van der Waals surface area contributed by atoms with Crippen LogP contribution in [-0.2, 0) is 0 Å². The van der Waals surface area contributed by atoms with E-state index >= 15 is 0 Å². The molecule has 1 N–H and O–H groups in total. The largest absolute Gasteiger partial charge is 0.311 e. The second-order valence-electron chi connectivity index (χ2n) is 6.65. The number of nitrogens with one attached hydrogen (secondary N) is 1. The van der Waals surface area contributed by atoms with Crippen LogP contribution in [0.25, 0.3) is 0 Å². The summed E-state index contributed by atoms with van der Waals surface area (Å²) in [7, 11) is 0. The molecule has 0 heterocycles. The summed E-state index contributed by atoms with van der Waals surface area (Å²) in [4.78, 5) is 0. The third-order valence-corrected chi connectivity index (χ3v) is 4.34. The van der Waals surface area contributed by atoms with E-state index in [1.807, 2.05) is 0 Å². The molecule has 0 amide bonds. The van der Waals surface area contributed by atoms with E-state index in [1.54, 1.807) is 0 Å². The Morgan fingerprint density at radius 1 is 1.00 bits per heavy atom. The molecule has 0 aliphatic heterocycles. The van der Waals surface area contributed by atoms with Gasteiger partial charge in [0.15, 0.2) is 0 Å². The van der Waals surface area contributed by atoms with Crippen molar-refractivity contribution in [3.63, 3.8) is 0 Å². The number of hydrogen-bond donors (Lipinski definition) is 1. The van der Waals surface area contributed by atoms with Crippen molar-refractivity contribution in [2.75, 3.05) is 6.54 Å². The first-order chi connectivity index (χ1) is 7.83. The Bertz CT molecular complexity index is 186. The Morgan fingerprint density at radius 3 is 2.06 bits per heavy atom. The lowest BCUT2D eigenvalue weighted by Crippen LogP contribution is -2.46. The van der Waals surface area contributed by atoms with Crippen molar-refractivity contribution in [2.45, 2.75) is 79.7 Å². The second-order valence-corrected chi connectivity index (χ2v) is 6.65. The van der Waals surface area contributed by atoms with Gasteiger partial charge in [0.1, 0.15) is 0 Å². The minimum atomic E-state index is 0.275. The molecule has 0 aromatic rings. The summed E-state index contributed by atoms with van der Waals surface area (Å²) in [6, 6.07) is 0. The normalized spacial score (nSPS) is 17.8. The summed E-state index contributed by atoms with van der Waals surface area (Å²) >= 11 is 0. The molecule has 0 saturated heterocycles. The van der Waals surface area contributed by atoms with Crippen molar-refractivity contribution < 1.29 is 0 Å². The highest BCUT2D eigenvalue weighted by molar-refractivity contribution is 4.83. The zero-order valence-corrected chi connectivity index (χ0v) is 13.3. The molecule has 0 aliphatic carbocycles. The topological polar surface area (TPSA) is 12.0 Å². The highest BCUT2D eigenvalue weighted by Gasteiger charge is 2.24. The van der Waals surface area contributed by atoms with Crippen LogP contribution >= 0.6 is 0 Å². The van der Waals surface area contributed by atoms with Crippen LogP contribution in [0.2, 0.25) is 0 Å². The third-order valence-electron chi connectivity index (χ3n) is 4.34. The molecule has 104 valence electrons. The van der Waals surface area contributed by atoms with Gasteiger partial charge in [-0.15, -0.1) is 0 Å². The maximum absolute atomic E-state index is 3.76. The summed E-state index contributed by atoms with van der Waals surface area (Å²) < 4.78 is 0. The maximum Gasteiger partial charge on any atom is 0.0150 e. The van der Waals surface area contributed by atoms with Crippen LogP contribution in [0.15, 0.2) is 0 Å². The van der Waals surface area contributed by atoms with E-state index in [1.165, 1.54) is 25.7 Å². The molecule has 0 saturated carbocycles. The lowest BCUT2D eigenvalue weighted by Gasteiger charge is -2.34. The predicted molar refractivity (Wildman–Crippen MR) is 79.4 cm³/mol. The number of rotatable bonds is 9. The van der Waals surface area contributed by atoms with Crippen molar-refractivity contribution in [1.29, 1.82) is 0 Å². The van der Waals surface area contributed by atoms with Crippen LogP contribution in [0.3, 0.4) is 0 Å². The molecular formula is C16H35N. The van der Waals surface area contributed by atoms with Crippen LogP contribution < -0.4 is 5.32 Å². The zero-order chi connectivity index (χ0) is 13.5. The second kappa shape index (κ2) is 8.13. The quantitative estimate of drug-likeness (QED) is 0.607. The summed E-state index contributed by atoms with van der Waals surface area (Å²) in [6.07, 6.45) is 5.30.